The summed E-state index contributed by atoms with van der Waals surface area (Å²) in [6.45, 7) is 2.02. The van der Waals surface area contributed by atoms with Crippen molar-refractivity contribution in [3.05, 3.63) is 93.5 Å². The van der Waals surface area contributed by atoms with Crippen LogP contribution in [0.5, 0.6) is 11.5 Å². The van der Waals surface area contributed by atoms with Crippen LogP contribution in [0.2, 0.25) is 0 Å². The van der Waals surface area contributed by atoms with Crippen molar-refractivity contribution in [2.24, 2.45) is 0 Å². The molecular formula is C25H27N3O7S. The van der Waals surface area contributed by atoms with Crippen molar-refractivity contribution < 1.29 is 27.6 Å². The van der Waals surface area contributed by atoms with Gasteiger partial charge < -0.3 is 14.8 Å². The van der Waals surface area contributed by atoms with Crippen molar-refractivity contribution in [1.82, 2.24) is 5.32 Å². The van der Waals surface area contributed by atoms with Crippen molar-refractivity contribution >= 4 is 27.3 Å². The summed E-state index contributed by atoms with van der Waals surface area (Å²) in [7, 11) is -2.17. The van der Waals surface area contributed by atoms with E-state index in [9.17, 15) is 23.3 Å². The molecule has 0 spiro atoms. The van der Waals surface area contributed by atoms with E-state index in [4.69, 9.17) is 9.47 Å². The van der Waals surface area contributed by atoms with E-state index in [1.54, 1.807) is 55.6 Å². The normalized spacial score (nSPS) is 11.0. The molecule has 0 bridgehead atoms. The van der Waals surface area contributed by atoms with Crippen molar-refractivity contribution in [3.8, 4) is 11.5 Å². The Hall–Kier alpha value is -4.12. The number of nitro benzene ring substituents is 1. The number of nitro groups is 1. The molecule has 1 amide bonds. The number of methoxy groups -OCH3 is 1. The van der Waals surface area contributed by atoms with E-state index in [1.165, 1.54) is 25.1 Å². The molecule has 0 saturated carbocycles. The summed E-state index contributed by atoms with van der Waals surface area (Å²) in [5.41, 5.74) is 1.33. The molecule has 0 aliphatic rings. The largest absolute Gasteiger partial charge is 0.497 e. The van der Waals surface area contributed by atoms with Crippen LogP contribution in [0.1, 0.15) is 21.5 Å². The highest BCUT2D eigenvalue weighted by molar-refractivity contribution is 7.92. The summed E-state index contributed by atoms with van der Waals surface area (Å²) >= 11 is 0. The molecule has 0 heterocycles. The number of anilines is 1. The third-order valence-electron chi connectivity index (χ3n) is 5.38. The molecule has 3 rings (SSSR count). The highest BCUT2D eigenvalue weighted by Crippen LogP contribution is 2.31. The van der Waals surface area contributed by atoms with Gasteiger partial charge in [-0.3, -0.25) is 19.2 Å². The van der Waals surface area contributed by atoms with E-state index in [1.807, 2.05) is 0 Å². The van der Waals surface area contributed by atoms with Gasteiger partial charge in [-0.05, 0) is 42.8 Å². The van der Waals surface area contributed by atoms with Gasteiger partial charge in [-0.1, -0.05) is 24.3 Å². The van der Waals surface area contributed by atoms with Crippen LogP contribution in [0.25, 0.3) is 0 Å². The van der Waals surface area contributed by atoms with Gasteiger partial charge in [0.25, 0.3) is 11.6 Å². The highest BCUT2D eigenvalue weighted by Gasteiger charge is 2.24. The standard InChI is InChI=1S/C25H27N3O7S/c1-18-23(8-5-9-24(18)28(30)31)27(36(3,32)33)17-19-10-12-20(13-11-19)25(29)26-14-15-35-22-7-4-6-21(16-22)34-2/h4-13,16H,14-15,17H2,1-3H3,(H,26,29). The molecule has 0 radical (unpaired) electrons. The van der Waals surface area contributed by atoms with Crippen molar-refractivity contribution in [3.63, 3.8) is 0 Å². The summed E-state index contributed by atoms with van der Waals surface area (Å²) in [5.74, 6) is 0.999. The monoisotopic (exact) mass is 513 g/mol. The molecule has 0 unspecified atom stereocenters. The van der Waals surface area contributed by atoms with Crippen LogP contribution in [0.3, 0.4) is 0 Å². The quantitative estimate of drug-likeness (QED) is 0.235. The zero-order valence-corrected chi connectivity index (χ0v) is 20.9. The van der Waals surface area contributed by atoms with Gasteiger partial charge in [0, 0.05) is 17.7 Å². The number of rotatable bonds is 11. The maximum Gasteiger partial charge on any atom is 0.274 e. The summed E-state index contributed by atoms with van der Waals surface area (Å²) in [5, 5.41) is 14.1. The van der Waals surface area contributed by atoms with Gasteiger partial charge in [-0.2, -0.15) is 0 Å². The van der Waals surface area contributed by atoms with Gasteiger partial charge in [-0.25, -0.2) is 8.42 Å². The SMILES string of the molecule is COc1cccc(OCCNC(=O)c2ccc(CN(c3cccc([N+](=O)[O-])c3C)S(C)(=O)=O)cc2)c1. The molecule has 0 aliphatic carbocycles. The number of benzene rings is 3. The molecule has 0 aliphatic heterocycles. The van der Waals surface area contributed by atoms with Crippen LogP contribution in [-0.2, 0) is 16.6 Å². The third kappa shape index (κ3) is 6.72. The van der Waals surface area contributed by atoms with Crippen LogP contribution in [0, 0.1) is 17.0 Å². The summed E-state index contributed by atoms with van der Waals surface area (Å²) in [6, 6.07) is 17.9. The van der Waals surface area contributed by atoms with E-state index in [0.717, 1.165) is 10.6 Å². The minimum Gasteiger partial charge on any atom is -0.497 e. The lowest BCUT2D eigenvalue weighted by atomic mass is 10.1. The Kier molecular flexibility index (Phi) is 8.49. The van der Waals surface area contributed by atoms with Gasteiger partial charge in [0.2, 0.25) is 10.0 Å². The Balaban J connectivity index is 1.63. The number of carbonyl (C=O) groups excluding carboxylic acids is 1. The Morgan fingerprint density at radius 2 is 1.72 bits per heavy atom. The minimum absolute atomic E-state index is 0.0445. The molecule has 0 atom stereocenters. The molecule has 3 aromatic carbocycles. The third-order valence-corrected chi connectivity index (χ3v) is 6.51. The van der Waals surface area contributed by atoms with E-state index < -0.39 is 14.9 Å². The first-order valence-electron chi connectivity index (χ1n) is 11.0. The van der Waals surface area contributed by atoms with E-state index in [-0.39, 0.29) is 42.5 Å². The number of nitrogens with zero attached hydrogens (tertiary/aromatic N) is 2. The molecule has 10 nitrogen and oxygen atoms in total. The summed E-state index contributed by atoms with van der Waals surface area (Å²) < 4.78 is 36.9. The Morgan fingerprint density at radius 3 is 2.36 bits per heavy atom. The fourth-order valence-electron chi connectivity index (χ4n) is 3.51. The highest BCUT2D eigenvalue weighted by atomic mass is 32.2. The first-order valence-corrected chi connectivity index (χ1v) is 12.8. The topological polar surface area (TPSA) is 128 Å². The van der Waals surface area contributed by atoms with Crippen LogP contribution < -0.4 is 19.1 Å². The van der Waals surface area contributed by atoms with Crippen molar-refractivity contribution in [1.29, 1.82) is 0 Å². The number of nitrogens with one attached hydrogen (secondary N) is 1. The van der Waals surface area contributed by atoms with Gasteiger partial charge in [0.15, 0.2) is 0 Å². The molecule has 0 aromatic heterocycles. The second-order valence-corrected chi connectivity index (χ2v) is 9.84. The Morgan fingerprint density at radius 1 is 1.06 bits per heavy atom. The molecule has 1 N–H and O–H groups in total. The van der Waals surface area contributed by atoms with Crippen LogP contribution in [-0.4, -0.2) is 45.8 Å². The fourth-order valence-corrected chi connectivity index (χ4v) is 4.45. The Bertz CT molecular complexity index is 1340. The average molecular weight is 514 g/mol. The van der Waals surface area contributed by atoms with Crippen molar-refractivity contribution in [2.45, 2.75) is 13.5 Å². The number of carbonyl (C=O) groups is 1. The van der Waals surface area contributed by atoms with E-state index in [0.29, 0.717) is 22.6 Å². The van der Waals surface area contributed by atoms with Gasteiger partial charge in [0.05, 0.1) is 42.6 Å². The second-order valence-electron chi connectivity index (χ2n) is 7.93. The maximum absolute atomic E-state index is 12.5. The smallest absolute Gasteiger partial charge is 0.274 e. The predicted molar refractivity (Wildman–Crippen MR) is 136 cm³/mol. The summed E-state index contributed by atoms with van der Waals surface area (Å²) in [4.78, 5) is 23.2. The second kappa shape index (κ2) is 11.5. The van der Waals surface area contributed by atoms with Crippen LogP contribution in [0.15, 0.2) is 66.7 Å². The lowest BCUT2D eigenvalue weighted by molar-refractivity contribution is -0.385. The van der Waals surface area contributed by atoms with Gasteiger partial charge >= 0.3 is 0 Å². The first-order chi connectivity index (χ1) is 17.1. The molecule has 3 aromatic rings. The molecule has 11 heteroatoms. The van der Waals surface area contributed by atoms with E-state index in [2.05, 4.69) is 5.32 Å². The number of hydrogen-bond acceptors (Lipinski definition) is 7. The molecular weight excluding hydrogens is 486 g/mol. The Labute approximate surface area is 209 Å². The lowest BCUT2D eigenvalue weighted by Crippen LogP contribution is -2.30. The zero-order chi connectivity index (χ0) is 26.3. The van der Waals surface area contributed by atoms with Gasteiger partial charge in [0.1, 0.15) is 18.1 Å². The van der Waals surface area contributed by atoms with E-state index >= 15 is 0 Å². The van der Waals surface area contributed by atoms with Crippen LogP contribution >= 0.6 is 0 Å². The van der Waals surface area contributed by atoms with Crippen molar-refractivity contribution in [2.75, 3.05) is 30.8 Å². The molecule has 36 heavy (non-hydrogen) atoms. The molecule has 0 saturated heterocycles. The van der Waals surface area contributed by atoms with Crippen LogP contribution in [0.4, 0.5) is 11.4 Å². The lowest BCUT2D eigenvalue weighted by Gasteiger charge is -2.24. The zero-order valence-electron chi connectivity index (χ0n) is 20.1. The predicted octanol–water partition coefficient (Wildman–Crippen LogP) is 3.69. The number of ether oxygens (including phenoxy) is 2. The number of hydrogen-bond donors (Lipinski definition) is 1. The number of sulfonamides is 1. The summed E-state index contributed by atoms with van der Waals surface area (Å²) in [6.07, 6.45) is 1.04. The minimum atomic E-state index is -3.74. The molecule has 190 valence electrons. The fraction of sp³-hybridized carbons (Fsp3) is 0.240. The maximum atomic E-state index is 12.5. The number of amides is 1. The van der Waals surface area contributed by atoms with Gasteiger partial charge in [-0.15, -0.1) is 0 Å². The average Bonchev–Trinajstić information content (AvgIpc) is 2.85. The molecule has 0 fully saturated rings. The first kappa shape index (κ1) is 26.5.